The van der Waals surface area contributed by atoms with E-state index in [0.29, 0.717) is 0 Å². The average Bonchev–Trinajstić information content (AvgIpc) is 2.75. The summed E-state index contributed by atoms with van der Waals surface area (Å²) in [5.41, 5.74) is 0. The van der Waals surface area contributed by atoms with Crippen molar-refractivity contribution in [2.75, 3.05) is 78.5 Å². The topological polar surface area (TPSA) is 0 Å². The van der Waals surface area contributed by atoms with Gasteiger partial charge in [-0.05, 0) is 83.1 Å². The highest BCUT2D eigenvalue weighted by atomic mass is 35.5. The molecule has 6 heteroatoms. The second-order valence-corrected chi connectivity index (χ2v) is 7.82. The first-order valence-corrected chi connectivity index (χ1v) is 12.3. The van der Waals surface area contributed by atoms with Crippen LogP contribution < -0.4 is 37.2 Å². The Balaban J connectivity index is -0.0000000686. The molecule has 0 spiro atoms. The highest BCUT2D eigenvalue weighted by Crippen LogP contribution is 2.04. The highest BCUT2D eigenvalue weighted by molar-refractivity contribution is 4.32. The van der Waals surface area contributed by atoms with Crippen LogP contribution in [-0.2, 0) is 0 Å². The lowest BCUT2D eigenvalue weighted by molar-refractivity contribution is -0.921. The maximum Gasteiger partial charge on any atom is 0.0757 e. The Morgan fingerprint density at radius 2 is 0.300 bits per heavy atom. The first-order valence-electron chi connectivity index (χ1n) is 12.3. The van der Waals surface area contributed by atoms with Gasteiger partial charge in [0.05, 0.1) is 78.5 Å². The number of hydrogen-bond acceptors (Lipinski definition) is 0. The molecule has 0 aliphatic heterocycles. The fourth-order valence-electron chi connectivity index (χ4n) is 4.02. The van der Waals surface area contributed by atoms with E-state index < -0.39 is 0 Å². The first kappa shape index (κ1) is 44.4. The van der Waals surface area contributed by atoms with E-state index in [-0.39, 0.29) is 37.2 Å². The highest BCUT2D eigenvalue weighted by Gasteiger charge is 2.17. The molecule has 30 heavy (non-hydrogen) atoms. The summed E-state index contributed by atoms with van der Waals surface area (Å²) < 4.78 is 3.83. The van der Waals surface area contributed by atoms with Crippen molar-refractivity contribution < 1.29 is 50.7 Å². The molecule has 0 aromatic carbocycles. The molecule has 0 bridgehead atoms. The van der Waals surface area contributed by atoms with Crippen LogP contribution in [0.5, 0.6) is 0 Å². The molecule has 192 valence electrons. The predicted octanol–water partition coefficient (Wildman–Crippen LogP) is -3.34. The molecular weight excluding hydrogens is 437 g/mol. The van der Waals surface area contributed by atoms with Crippen molar-refractivity contribution in [3.63, 3.8) is 0 Å². The van der Waals surface area contributed by atoms with Gasteiger partial charge in [0.2, 0.25) is 0 Å². The van der Waals surface area contributed by atoms with Crippen LogP contribution in [0.15, 0.2) is 0 Å². The molecule has 0 aromatic heterocycles. The molecule has 0 amide bonds. The first-order chi connectivity index (χ1) is 12.7. The molecule has 0 fully saturated rings. The molecule has 0 saturated carbocycles. The number of nitrogens with zero attached hydrogens (tertiary/aromatic N) is 3. The van der Waals surface area contributed by atoms with E-state index in [1.54, 1.807) is 0 Å². The van der Waals surface area contributed by atoms with E-state index in [1.807, 2.05) is 0 Å². The fraction of sp³-hybridized carbons (Fsp3) is 1.00. The second-order valence-electron chi connectivity index (χ2n) is 7.82. The smallest absolute Gasteiger partial charge is 0.0757 e. The Kier molecular flexibility index (Phi) is 38.5. The third kappa shape index (κ3) is 16.4. The quantitative estimate of drug-likeness (QED) is 0.248. The normalized spacial score (nSPS) is 10.8. The van der Waals surface area contributed by atoms with Gasteiger partial charge in [-0.3, -0.25) is 0 Å². The molecule has 0 unspecified atom stereocenters. The van der Waals surface area contributed by atoms with Crippen LogP contribution in [0.4, 0.5) is 0 Å². The Bertz CT molecular complexity index is 204. The zero-order valence-corrected chi connectivity index (χ0v) is 25.2. The molecule has 0 N–H and O–H groups in total. The van der Waals surface area contributed by atoms with E-state index >= 15 is 0 Å². The summed E-state index contributed by atoms with van der Waals surface area (Å²) in [6, 6.07) is 0. The molecule has 0 heterocycles. The van der Waals surface area contributed by atoms with Crippen molar-refractivity contribution in [1.29, 1.82) is 0 Å². The summed E-state index contributed by atoms with van der Waals surface area (Å²) in [5.74, 6) is 0. The summed E-state index contributed by atoms with van der Waals surface area (Å²) in [6.07, 6.45) is 0. The van der Waals surface area contributed by atoms with Gasteiger partial charge in [-0.1, -0.05) is 0 Å². The summed E-state index contributed by atoms with van der Waals surface area (Å²) >= 11 is 0. The van der Waals surface area contributed by atoms with Crippen molar-refractivity contribution in [2.24, 2.45) is 0 Å². The molecule has 0 aliphatic carbocycles. The lowest BCUT2D eigenvalue weighted by atomic mass is 10.3. The summed E-state index contributed by atoms with van der Waals surface area (Å²) in [7, 11) is 0. The van der Waals surface area contributed by atoms with Crippen molar-refractivity contribution in [2.45, 2.75) is 83.1 Å². The molecular formula is C24H60Cl3N3. The van der Waals surface area contributed by atoms with Crippen molar-refractivity contribution in [3.8, 4) is 0 Å². The lowest BCUT2D eigenvalue weighted by Crippen LogP contribution is -3.00. The van der Waals surface area contributed by atoms with E-state index in [1.165, 1.54) is 92.0 Å². The van der Waals surface area contributed by atoms with E-state index in [4.69, 9.17) is 0 Å². The van der Waals surface area contributed by atoms with Crippen LogP contribution >= 0.6 is 0 Å². The largest absolute Gasteiger partial charge is 1.00 e. The third-order valence-electron chi connectivity index (χ3n) is 8.05. The zero-order chi connectivity index (χ0) is 22.0. The van der Waals surface area contributed by atoms with E-state index in [2.05, 4.69) is 83.1 Å². The Morgan fingerprint density at radius 3 is 0.300 bits per heavy atom. The standard InChI is InChI=1S/3C8H20N.3ClH/c3*1-5-9(6-2,7-3)8-4;;;/h3*5-8H2,1-4H3;3*1H/q3*+1;;;/p-3. The molecule has 0 radical (unpaired) electrons. The number of quaternary nitrogens is 3. The van der Waals surface area contributed by atoms with Crippen LogP contribution in [0.1, 0.15) is 83.1 Å². The Hall–Kier alpha value is 0.750. The van der Waals surface area contributed by atoms with Gasteiger partial charge in [-0.25, -0.2) is 0 Å². The van der Waals surface area contributed by atoms with Gasteiger partial charge < -0.3 is 50.7 Å². The number of rotatable bonds is 12. The van der Waals surface area contributed by atoms with Crippen molar-refractivity contribution in [3.05, 3.63) is 0 Å². The van der Waals surface area contributed by atoms with Gasteiger partial charge in [0, 0.05) is 0 Å². The number of halogens is 3. The molecule has 0 atom stereocenters. The van der Waals surface area contributed by atoms with Crippen LogP contribution in [0.25, 0.3) is 0 Å². The molecule has 0 aliphatic rings. The minimum absolute atomic E-state index is 0. The summed E-state index contributed by atoms with van der Waals surface area (Å²) in [5, 5.41) is 0. The van der Waals surface area contributed by atoms with Crippen LogP contribution in [-0.4, -0.2) is 92.0 Å². The average molecular weight is 497 g/mol. The predicted molar refractivity (Wildman–Crippen MR) is 127 cm³/mol. The lowest BCUT2D eigenvalue weighted by Gasteiger charge is -2.34. The minimum atomic E-state index is 0. The van der Waals surface area contributed by atoms with E-state index in [0.717, 1.165) is 0 Å². The van der Waals surface area contributed by atoms with Crippen molar-refractivity contribution in [1.82, 2.24) is 0 Å². The monoisotopic (exact) mass is 495 g/mol. The van der Waals surface area contributed by atoms with Gasteiger partial charge in [-0.15, -0.1) is 0 Å². The minimum Gasteiger partial charge on any atom is -1.00 e. The van der Waals surface area contributed by atoms with Gasteiger partial charge in [0.15, 0.2) is 0 Å². The maximum absolute atomic E-state index is 2.27. The van der Waals surface area contributed by atoms with Crippen LogP contribution in [0, 0.1) is 0 Å². The summed E-state index contributed by atoms with van der Waals surface area (Å²) in [4.78, 5) is 0. The molecule has 3 nitrogen and oxygen atoms in total. The maximum atomic E-state index is 2.27. The molecule has 0 aromatic rings. The molecule has 0 rings (SSSR count). The summed E-state index contributed by atoms with van der Waals surface area (Å²) in [6.45, 7) is 42.7. The zero-order valence-electron chi connectivity index (χ0n) is 23.0. The Morgan fingerprint density at radius 1 is 0.233 bits per heavy atom. The van der Waals surface area contributed by atoms with Crippen LogP contribution in [0.2, 0.25) is 0 Å². The van der Waals surface area contributed by atoms with E-state index in [9.17, 15) is 0 Å². The third-order valence-corrected chi connectivity index (χ3v) is 8.05. The molecule has 0 saturated heterocycles. The van der Waals surface area contributed by atoms with Gasteiger partial charge in [-0.2, -0.15) is 0 Å². The van der Waals surface area contributed by atoms with Gasteiger partial charge >= 0.3 is 0 Å². The van der Waals surface area contributed by atoms with Crippen LogP contribution in [0.3, 0.4) is 0 Å². The fourth-order valence-corrected chi connectivity index (χ4v) is 4.02. The van der Waals surface area contributed by atoms with Crippen molar-refractivity contribution >= 4 is 0 Å². The Labute approximate surface area is 212 Å². The second kappa shape index (κ2) is 26.0. The van der Waals surface area contributed by atoms with Gasteiger partial charge in [0.1, 0.15) is 0 Å². The van der Waals surface area contributed by atoms with Gasteiger partial charge in [0.25, 0.3) is 0 Å². The number of hydrogen-bond donors (Lipinski definition) is 0. The SMILES string of the molecule is CC[N+](CC)(CC)CC.CC[N+](CC)(CC)CC.CC[N+](CC)(CC)CC.[Cl-].[Cl-].[Cl-].